The van der Waals surface area contributed by atoms with Crippen LogP contribution in [-0.2, 0) is 37.9 Å². The van der Waals surface area contributed by atoms with Crippen LogP contribution in [0.5, 0.6) is 0 Å². The smallest absolute Gasteiger partial charge is 0.264 e. The highest BCUT2D eigenvalue weighted by atomic mass is 32.1. The second kappa shape index (κ2) is 18.3. The standard InChI is InChI=1S/C78H84BN3S/c1-72(2,3)51-28-32-54(33-29-51)82-67-44-56(80(52-24-20-17-21-25-52)53-30-26-50(27-31-53)49-22-18-16-19-23-49)43-66-69(67)79(71-70(82)57-45-60-63(48-68(57)83-71)78(14,15)41-38-75(60,8)9)64-46-61-62(77(12,13)40-39-76(61,10)11)47-65(64)81(66)55-34-35-58-59(42-55)74(6,7)37-36-73(58,4)5/h16-35,42-48H,36-41H2,1-15H3/i17D,20D,21D,24D,25D. The minimum absolute atomic E-state index is 0.00273. The monoisotopic (exact) mass is 1110 g/mol. The van der Waals surface area contributed by atoms with Gasteiger partial charge in [0.1, 0.15) is 0 Å². The fourth-order valence-electron chi connectivity index (χ4n) is 15.3. The van der Waals surface area contributed by atoms with Gasteiger partial charge in [0.15, 0.2) is 0 Å². The molecule has 0 N–H and O–H groups in total. The van der Waals surface area contributed by atoms with E-state index in [1.807, 2.05) is 46.6 Å². The molecular weight excluding hydrogens is 1020 g/mol. The summed E-state index contributed by atoms with van der Waals surface area (Å²) in [5.74, 6) is 0. The van der Waals surface area contributed by atoms with Gasteiger partial charge in [-0.3, -0.25) is 0 Å². The predicted octanol–water partition coefficient (Wildman–Crippen LogP) is 20.5. The highest BCUT2D eigenvalue weighted by molar-refractivity contribution is 7.33. The normalized spacial score (nSPS) is 19.8. The summed E-state index contributed by atoms with van der Waals surface area (Å²) in [4.78, 5) is 7.08. The van der Waals surface area contributed by atoms with Crippen LogP contribution >= 0.6 is 11.3 Å². The quantitative estimate of drug-likeness (QED) is 0.154. The van der Waals surface area contributed by atoms with Gasteiger partial charge in [-0.1, -0.05) is 189 Å². The summed E-state index contributed by atoms with van der Waals surface area (Å²) in [6, 6.07) is 48.4. The molecule has 2 aliphatic heterocycles. The fraction of sp³-hybridized carbons (Fsp3) is 0.359. The van der Waals surface area contributed by atoms with Crippen molar-refractivity contribution in [3.8, 4) is 11.1 Å². The minimum Gasteiger partial charge on any atom is -0.311 e. The Balaban J connectivity index is 1.17. The third-order valence-corrected chi connectivity index (χ3v) is 22.1. The van der Waals surface area contributed by atoms with E-state index >= 15 is 0 Å². The Kier molecular flexibility index (Phi) is 10.7. The van der Waals surface area contributed by atoms with Crippen LogP contribution in [0.2, 0.25) is 0 Å². The van der Waals surface area contributed by atoms with Crippen molar-refractivity contribution in [1.29, 1.82) is 0 Å². The SMILES string of the molecule is [2H]c1c([2H])c([2H])c(N(c2ccc(-c3ccccc3)cc2)c2cc3c4c(c2)N(c2ccc(C(C)(C)C)cc2)c2c(sc5cc6c(cc25)C(C)(C)CCC6(C)C)B4c2cc4c(cc2N3c2ccc3c(c2)C(C)(C)CCC3(C)C)C(C)(C)CCC4(C)C)c([2H])c1[2H]. The van der Waals surface area contributed by atoms with Crippen molar-refractivity contribution < 1.29 is 6.85 Å². The van der Waals surface area contributed by atoms with E-state index in [-0.39, 0.29) is 74.5 Å². The van der Waals surface area contributed by atoms with Gasteiger partial charge < -0.3 is 14.7 Å². The highest BCUT2D eigenvalue weighted by Gasteiger charge is 2.50. The van der Waals surface area contributed by atoms with Crippen LogP contribution < -0.4 is 30.4 Å². The Labute approximate surface area is 507 Å². The molecule has 0 saturated heterocycles. The number of benzene rings is 8. The molecule has 0 amide bonds. The van der Waals surface area contributed by atoms with Crippen LogP contribution in [0, 0.1) is 0 Å². The largest absolute Gasteiger partial charge is 0.311 e. The van der Waals surface area contributed by atoms with E-state index in [1.165, 1.54) is 70.4 Å². The summed E-state index contributed by atoms with van der Waals surface area (Å²) in [7, 11) is 0. The molecule has 0 saturated carbocycles. The molecule has 14 rings (SSSR count). The van der Waals surface area contributed by atoms with E-state index in [2.05, 4.69) is 217 Å². The molecule has 0 atom stereocenters. The van der Waals surface area contributed by atoms with Crippen LogP contribution in [0.1, 0.15) is 188 Å². The fourth-order valence-corrected chi connectivity index (χ4v) is 16.6. The third-order valence-electron chi connectivity index (χ3n) is 20.9. The Morgan fingerprint density at radius 1 is 0.458 bits per heavy atom. The molecule has 5 heteroatoms. The molecule has 0 spiro atoms. The first-order chi connectivity index (χ1) is 41.3. The number of thiophene rings is 1. The second-order valence-corrected chi connectivity index (χ2v) is 31.3. The van der Waals surface area contributed by atoms with Crippen molar-refractivity contribution in [1.82, 2.24) is 0 Å². The van der Waals surface area contributed by atoms with E-state index in [9.17, 15) is 5.48 Å². The summed E-state index contributed by atoms with van der Waals surface area (Å²) in [5.41, 5.74) is 21.7. The molecule has 3 nitrogen and oxygen atoms in total. The topological polar surface area (TPSA) is 9.72 Å². The van der Waals surface area contributed by atoms with Gasteiger partial charge in [0.2, 0.25) is 0 Å². The second-order valence-electron chi connectivity index (χ2n) is 30.2. The molecule has 0 radical (unpaired) electrons. The minimum atomic E-state index is -0.423. The lowest BCUT2D eigenvalue weighted by molar-refractivity contribution is 0.332. The molecule has 3 heterocycles. The van der Waals surface area contributed by atoms with Gasteiger partial charge in [0, 0.05) is 54.7 Å². The Hall–Kier alpha value is -6.82. The number of hydrogen-bond donors (Lipinski definition) is 0. The molecule has 0 fully saturated rings. The van der Waals surface area contributed by atoms with Crippen LogP contribution in [0.15, 0.2) is 164 Å². The molecular formula is C78H84BN3S. The zero-order valence-electron chi connectivity index (χ0n) is 56.8. The van der Waals surface area contributed by atoms with Crippen molar-refractivity contribution in [2.45, 2.75) is 180 Å². The average Bonchev–Trinajstić information content (AvgIpc) is 1.21. The first-order valence-corrected chi connectivity index (χ1v) is 31.5. The number of anilines is 9. The third kappa shape index (κ3) is 8.54. The van der Waals surface area contributed by atoms with Crippen molar-refractivity contribution in [3.05, 3.63) is 203 Å². The summed E-state index contributed by atoms with van der Waals surface area (Å²) in [6.45, 7) is 35.8. The van der Waals surface area contributed by atoms with Crippen molar-refractivity contribution in [3.63, 3.8) is 0 Å². The Bertz CT molecular complexity index is 4360. The van der Waals surface area contributed by atoms with Crippen molar-refractivity contribution >= 4 is 95.0 Å². The van der Waals surface area contributed by atoms with Gasteiger partial charge >= 0.3 is 0 Å². The number of fused-ring (bicyclic) bond motifs is 9. The lowest BCUT2D eigenvalue weighted by Crippen LogP contribution is -2.61. The summed E-state index contributed by atoms with van der Waals surface area (Å²) in [6.07, 6.45) is 6.55. The van der Waals surface area contributed by atoms with Gasteiger partial charge in [-0.2, -0.15) is 0 Å². The molecule has 420 valence electrons. The van der Waals surface area contributed by atoms with Crippen LogP contribution in [0.3, 0.4) is 0 Å². The highest BCUT2D eigenvalue weighted by Crippen LogP contribution is 2.57. The molecule has 0 unspecified atom stereocenters. The van der Waals surface area contributed by atoms with E-state index in [4.69, 9.17) is 1.37 Å². The van der Waals surface area contributed by atoms with Gasteiger partial charge in [-0.25, -0.2) is 0 Å². The maximum atomic E-state index is 9.87. The van der Waals surface area contributed by atoms with Crippen molar-refractivity contribution in [2.75, 3.05) is 14.7 Å². The zero-order valence-corrected chi connectivity index (χ0v) is 52.6. The molecule has 9 aromatic rings. The zero-order chi connectivity index (χ0) is 62.5. The molecule has 83 heavy (non-hydrogen) atoms. The summed E-state index contributed by atoms with van der Waals surface area (Å²) < 4.78 is 49.8. The van der Waals surface area contributed by atoms with E-state index < -0.39 is 6.04 Å². The molecule has 5 aliphatic rings. The van der Waals surface area contributed by atoms with Crippen LogP contribution in [-0.4, -0.2) is 6.71 Å². The number of para-hydroxylation sites is 1. The summed E-state index contributed by atoms with van der Waals surface area (Å²) >= 11 is 1.97. The first-order valence-electron chi connectivity index (χ1n) is 33.2. The van der Waals surface area contributed by atoms with Crippen LogP contribution in [0.4, 0.5) is 51.2 Å². The average molecular weight is 1110 g/mol. The predicted molar refractivity (Wildman–Crippen MR) is 361 cm³/mol. The van der Waals surface area contributed by atoms with Gasteiger partial charge in [-0.05, 0) is 216 Å². The van der Waals surface area contributed by atoms with Gasteiger partial charge in [-0.15, -0.1) is 11.3 Å². The maximum absolute atomic E-state index is 9.87. The van der Waals surface area contributed by atoms with E-state index in [0.29, 0.717) is 11.4 Å². The Morgan fingerprint density at radius 3 is 1.55 bits per heavy atom. The van der Waals surface area contributed by atoms with Crippen molar-refractivity contribution in [2.24, 2.45) is 0 Å². The lowest BCUT2D eigenvalue weighted by atomic mass is 9.35. The van der Waals surface area contributed by atoms with Gasteiger partial charge in [0.05, 0.1) is 18.2 Å². The number of hydrogen-bond acceptors (Lipinski definition) is 4. The number of nitrogens with zero attached hydrogens (tertiary/aromatic N) is 3. The molecule has 8 aromatic carbocycles. The molecule has 1 aromatic heterocycles. The lowest BCUT2D eigenvalue weighted by Gasteiger charge is -2.48. The summed E-state index contributed by atoms with van der Waals surface area (Å²) in [5, 5.41) is 1.24. The molecule has 0 bridgehead atoms. The number of rotatable bonds is 6. The van der Waals surface area contributed by atoms with Gasteiger partial charge in [0.25, 0.3) is 6.71 Å². The van der Waals surface area contributed by atoms with Crippen LogP contribution in [0.25, 0.3) is 21.2 Å². The first kappa shape index (κ1) is 48.5. The maximum Gasteiger partial charge on any atom is 0.264 e. The Morgan fingerprint density at radius 2 is 0.964 bits per heavy atom. The van der Waals surface area contributed by atoms with E-state index in [1.54, 1.807) is 0 Å². The van der Waals surface area contributed by atoms with E-state index in [0.717, 1.165) is 78.1 Å². The molecule has 3 aliphatic carbocycles.